The Morgan fingerprint density at radius 2 is 1.94 bits per heavy atom. The van der Waals surface area contributed by atoms with Crippen LogP contribution >= 0.6 is 7.60 Å². The molecule has 0 aliphatic carbocycles. The van der Waals surface area contributed by atoms with Gasteiger partial charge in [0.2, 0.25) is 0 Å². The van der Waals surface area contributed by atoms with Gasteiger partial charge in [0.15, 0.2) is 0 Å². The highest BCUT2D eigenvalue weighted by Gasteiger charge is 2.19. The molecule has 0 spiro atoms. The molecule has 8 nitrogen and oxygen atoms in total. The van der Waals surface area contributed by atoms with Crippen LogP contribution in [-0.4, -0.2) is 45.4 Å². The first-order valence-corrected chi connectivity index (χ1v) is 6.08. The average Bonchev–Trinajstić information content (AvgIpc) is 2.10. The number of hydrogen-bond donors (Lipinski definition) is 3. The van der Waals surface area contributed by atoms with Gasteiger partial charge in [0.1, 0.15) is 5.71 Å². The number of hydrogen-bond acceptors (Lipinski definition) is 4. The summed E-state index contributed by atoms with van der Waals surface area (Å²) in [6.45, 7) is 1.55. The Bertz CT molecular complexity index is 345. The van der Waals surface area contributed by atoms with E-state index in [0.29, 0.717) is 0 Å². The molecule has 0 rings (SSSR count). The molecule has 0 aromatic heterocycles. The Morgan fingerprint density at radius 1 is 1.38 bits per heavy atom. The number of ether oxygens (including phenoxy) is 1. The van der Waals surface area contributed by atoms with E-state index in [2.05, 4.69) is 9.73 Å². The third kappa shape index (κ3) is 7.10. The van der Waals surface area contributed by atoms with E-state index in [-0.39, 0.29) is 6.61 Å². The maximum Gasteiger partial charge on any atom is 0.434 e. The predicted octanol–water partition coefficient (Wildman–Crippen LogP) is 0.236. The Kier molecular flexibility index (Phi) is 5.87. The van der Waals surface area contributed by atoms with Gasteiger partial charge < -0.3 is 19.6 Å². The summed E-state index contributed by atoms with van der Waals surface area (Å²) in [5, 5.41) is 8.60. The number of carboxylic acid groups (broad SMARTS) is 1. The molecule has 92 valence electrons. The standard InChI is InChI=1S/C7H12NO7P/c1-2-15-7(11)8-5(6(9)10)3-4-16(12,13)14/h2-4H2,1H3,(H,9,10)(H2,12,13,14). The van der Waals surface area contributed by atoms with Crippen LogP contribution in [0.25, 0.3) is 0 Å². The maximum atomic E-state index is 10.8. The molecule has 1 amide bonds. The number of aliphatic carboxylic acids is 1. The van der Waals surface area contributed by atoms with Gasteiger partial charge in [-0.25, -0.2) is 9.59 Å². The normalized spacial score (nSPS) is 12.3. The summed E-state index contributed by atoms with van der Waals surface area (Å²) in [7, 11) is -4.31. The Morgan fingerprint density at radius 3 is 2.31 bits per heavy atom. The zero-order valence-corrected chi connectivity index (χ0v) is 9.38. The first-order chi connectivity index (χ1) is 7.26. The van der Waals surface area contributed by atoms with E-state index in [1.807, 2.05) is 0 Å². The molecule has 0 aliphatic heterocycles. The highest BCUT2D eigenvalue weighted by molar-refractivity contribution is 7.51. The molecule has 0 fully saturated rings. The van der Waals surface area contributed by atoms with Crippen LogP contribution in [0.5, 0.6) is 0 Å². The minimum absolute atomic E-state index is 0.0354. The summed E-state index contributed by atoms with van der Waals surface area (Å²) < 4.78 is 14.9. The van der Waals surface area contributed by atoms with Crippen LogP contribution in [0.3, 0.4) is 0 Å². The fourth-order valence-corrected chi connectivity index (χ4v) is 1.23. The highest BCUT2D eigenvalue weighted by atomic mass is 31.2. The van der Waals surface area contributed by atoms with Gasteiger partial charge in [0, 0.05) is 6.42 Å². The first kappa shape index (κ1) is 14.8. The lowest BCUT2D eigenvalue weighted by molar-refractivity contribution is -0.129. The second-order valence-corrected chi connectivity index (χ2v) is 4.48. The van der Waals surface area contributed by atoms with Crippen LogP contribution in [0.2, 0.25) is 0 Å². The van der Waals surface area contributed by atoms with Gasteiger partial charge in [-0.05, 0) is 6.92 Å². The van der Waals surface area contributed by atoms with Gasteiger partial charge in [-0.2, -0.15) is 4.99 Å². The summed E-state index contributed by atoms with van der Waals surface area (Å²) in [5.41, 5.74) is -0.637. The average molecular weight is 253 g/mol. The number of carbonyl (C=O) groups is 2. The molecule has 0 heterocycles. The summed E-state index contributed by atoms with van der Waals surface area (Å²) in [4.78, 5) is 41.5. The van der Waals surface area contributed by atoms with Crippen molar-refractivity contribution in [2.75, 3.05) is 12.8 Å². The van der Waals surface area contributed by atoms with Crippen molar-refractivity contribution >= 4 is 25.4 Å². The largest absolute Gasteiger partial charge is 0.477 e. The van der Waals surface area contributed by atoms with Crippen molar-refractivity contribution in [1.29, 1.82) is 0 Å². The monoisotopic (exact) mass is 253 g/mol. The smallest absolute Gasteiger partial charge is 0.434 e. The van der Waals surface area contributed by atoms with Crippen molar-refractivity contribution in [2.24, 2.45) is 4.99 Å². The summed E-state index contributed by atoms with van der Waals surface area (Å²) in [6, 6.07) is 0. The van der Waals surface area contributed by atoms with Gasteiger partial charge in [0.05, 0.1) is 12.8 Å². The lowest BCUT2D eigenvalue weighted by Crippen LogP contribution is -2.17. The lowest BCUT2D eigenvalue weighted by atomic mass is 10.3. The van der Waals surface area contributed by atoms with Gasteiger partial charge in [-0.3, -0.25) is 4.57 Å². The van der Waals surface area contributed by atoms with E-state index in [9.17, 15) is 14.2 Å². The van der Waals surface area contributed by atoms with Crippen molar-refractivity contribution in [3.05, 3.63) is 0 Å². The minimum atomic E-state index is -4.31. The SMILES string of the molecule is CCOC(=O)N=C(CCP(=O)(O)O)C(=O)O. The Hall–Kier alpha value is -1.24. The molecule has 0 aromatic carbocycles. The first-order valence-electron chi connectivity index (χ1n) is 4.28. The zero-order chi connectivity index (χ0) is 12.8. The summed E-state index contributed by atoms with van der Waals surface area (Å²) >= 11 is 0. The predicted molar refractivity (Wildman–Crippen MR) is 53.6 cm³/mol. The number of nitrogens with zero attached hydrogens (tertiary/aromatic N) is 1. The van der Waals surface area contributed by atoms with Crippen LogP contribution in [0.1, 0.15) is 13.3 Å². The number of rotatable bonds is 5. The molecule has 0 atom stereocenters. The third-order valence-electron chi connectivity index (χ3n) is 1.38. The quantitative estimate of drug-likeness (QED) is 0.471. The molecule has 9 heteroatoms. The fourth-order valence-electron chi connectivity index (χ4n) is 0.728. The van der Waals surface area contributed by atoms with Gasteiger partial charge >= 0.3 is 19.7 Å². The van der Waals surface area contributed by atoms with Crippen molar-refractivity contribution in [1.82, 2.24) is 0 Å². The summed E-state index contributed by atoms with van der Waals surface area (Å²) in [5.74, 6) is -1.51. The molecule has 0 aliphatic rings. The van der Waals surface area contributed by atoms with Crippen LogP contribution in [0, 0.1) is 0 Å². The second-order valence-electron chi connectivity index (χ2n) is 2.70. The van der Waals surface area contributed by atoms with Crippen LogP contribution in [0.4, 0.5) is 4.79 Å². The topological polar surface area (TPSA) is 133 Å². The zero-order valence-electron chi connectivity index (χ0n) is 8.49. The fraction of sp³-hybridized carbons (Fsp3) is 0.571. The molecule has 0 bridgehead atoms. The van der Waals surface area contributed by atoms with Crippen LogP contribution < -0.4 is 0 Å². The lowest BCUT2D eigenvalue weighted by Gasteiger charge is -2.03. The maximum absolute atomic E-state index is 10.8. The molecule has 0 unspecified atom stereocenters. The van der Waals surface area contributed by atoms with Crippen molar-refractivity contribution in [3.8, 4) is 0 Å². The number of carboxylic acids is 1. The molecule has 0 saturated heterocycles. The highest BCUT2D eigenvalue weighted by Crippen LogP contribution is 2.34. The number of amides is 1. The molecule has 0 saturated carbocycles. The van der Waals surface area contributed by atoms with Gasteiger partial charge in [-0.15, -0.1) is 0 Å². The van der Waals surface area contributed by atoms with Crippen molar-refractivity contribution in [2.45, 2.75) is 13.3 Å². The molecular formula is C7H12NO7P. The van der Waals surface area contributed by atoms with Crippen molar-refractivity contribution in [3.63, 3.8) is 0 Å². The van der Waals surface area contributed by atoms with E-state index >= 15 is 0 Å². The van der Waals surface area contributed by atoms with E-state index in [4.69, 9.17) is 14.9 Å². The van der Waals surface area contributed by atoms with E-state index in [1.165, 1.54) is 6.92 Å². The molecule has 0 aromatic rings. The van der Waals surface area contributed by atoms with Gasteiger partial charge in [0.25, 0.3) is 0 Å². The number of aliphatic imine (C=N–C) groups is 1. The Balaban J connectivity index is 4.57. The van der Waals surface area contributed by atoms with E-state index < -0.39 is 38.0 Å². The van der Waals surface area contributed by atoms with E-state index in [1.54, 1.807) is 0 Å². The third-order valence-corrected chi connectivity index (χ3v) is 2.19. The van der Waals surface area contributed by atoms with E-state index in [0.717, 1.165) is 0 Å². The van der Waals surface area contributed by atoms with Crippen molar-refractivity contribution < 1.29 is 33.8 Å². The molecule has 0 radical (unpaired) electrons. The van der Waals surface area contributed by atoms with Gasteiger partial charge in [-0.1, -0.05) is 0 Å². The minimum Gasteiger partial charge on any atom is -0.477 e. The molecule has 16 heavy (non-hydrogen) atoms. The van der Waals surface area contributed by atoms with Crippen LogP contribution in [-0.2, 0) is 14.1 Å². The van der Waals surface area contributed by atoms with Crippen LogP contribution in [0.15, 0.2) is 4.99 Å². The Labute approximate surface area is 91.1 Å². The second kappa shape index (κ2) is 6.37. The molecular weight excluding hydrogens is 241 g/mol. The molecule has 3 N–H and O–H groups in total. The number of carbonyl (C=O) groups excluding carboxylic acids is 1. The summed E-state index contributed by atoms with van der Waals surface area (Å²) in [6.07, 6.45) is -2.28.